The van der Waals surface area contributed by atoms with Gasteiger partial charge in [0.1, 0.15) is 11.6 Å². The lowest BCUT2D eigenvalue weighted by atomic mass is 10.1. The van der Waals surface area contributed by atoms with E-state index in [9.17, 15) is 4.79 Å². The fourth-order valence-corrected chi connectivity index (χ4v) is 2.91. The minimum absolute atomic E-state index is 0.0814. The van der Waals surface area contributed by atoms with Gasteiger partial charge in [-0.05, 0) is 39.2 Å². The van der Waals surface area contributed by atoms with E-state index in [1.165, 1.54) is 22.9 Å². The van der Waals surface area contributed by atoms with Crippen LogP contribution in [0.15, 0.2) is 33.9 Å². The molecule has 0 aliphatic rings. The van der Waals surface area contributed by atoms with Crippen LogP contribution in [0.3, 0.4) is 0 Å². The van der Waals surface area contributed by atoms with Crippen LogP contribution in [0.25, 0.3) is 0 Å². The molecule has 1 amide bonds. The zero-order valence-corrected chi connectivity index (χ0v) is 17.0. The molecule has 1 aromatic heterocycles. The van der Waals surface area contributed by atoms with Crippen molar-refractivity contribution in [1.82, 2.24) is 15.5 Å². The molecule has 2 rings (SSSR count). The van der Waals surface area contributed by atoms with E-state index < -0.39 is 17.7 Å². The van der Waals surface area contributed by atoms with Crippen molar-refractivity contribution in [2.75, 3.05) is 0 Å². The number of ether oxygens (including phenoxy) is 1. The number of carbonyl (C=O) groups is 1. The highest BCUT2D eigenvalue weighted by molar-refractivity contribution is 7.98. The van der Waals surface area contributed by atoms with Crippen LogP contribution >= 0.6 is 11.8 Å². The summed E-state index contributed by atoms with van der Waals surface area (Å²) >= 11 is 1.47. The standard InChI is InChI=1S/C19H27N3O3S/c1-12(2)15(20-17(23)25-19(4,5)6)16-21-22-18(24-16)26-11-14-9-7-13(3)8-10-14/h7-10,12,15H,11H2,1-6H3,(H,20,23)/t15-/m1/s1. The Balaban J connectivity index is 1.99. The first kappa shape index (κ1) is 20.3. The highest BCUT2D eigenvalue weighted by Crippen LogP contribution is 2.26. The number of hydrogen-bond acceptors (Lipinski definition) is 6. The molecule has 0 unspecified atom stereocenters. The highest BCUT2D eigenvalue weighted by atomic mass is 32.2. The van der Waals surface area contributed by atoms with Crippen LogP contribution in [0.2, 0.25) is 0 Å². The summed E-state index contributed by atoms with van der Waals surface area (Å²) in [5.41, 5.74) is 1.86. The minimum Gasteiger partial charge on any atom is -0.444 e. The van der Waals surface area contributed by atoms with Gasteiger partial charge < -0.3 is 14.5 Å². The van der Waals surface area contributed by atoms with Crippen molar-refractivity contribution >= 4 is 17.9 Å². The maximum absolute atomic E-state index is 12.1. The van der Waals surface area contributed by atoms with Gasteiger partial charge in [-0.25, -0.2) is 4.79 Å². The van der Waals surface area contributed by atoms with E-state index in [0.717, 1.165) is 5.75 Å². The van der Waals surface area contributed by atoms with Crippen LogP contribution in [-0.2, 0) is 10.5 Å². The number of nitrogens with zero attached hydrogens (tertiary/aromatic N) is 2. The first-order chi connectivity index (χ1) is 12.1. The summed E-state index contributed by atoms with van der Waals surface area (Å²) in [7, 11) is 0. The van der Waals surface area contributed by atoms with Gasteiger partial charge in [0.2, 0.25) is 5.89 Å². The van der Waals surface area contributed by atoms with Gasteiger partial charge in [0.05, 0.1) is 0 Å². The fourth-order valence-electron chi connectivity index (χ4n) is 2.18. The van der Waals surface area contributed by atoms with Crippen LogP contribution in [0, 0.1) is 12.8 Å². The van der Waals surface area contributed by atoms with Gasteiger partial charge in [-0.2, -0.15) is 0 Å². The molecule has 1 aromatic carbocycles. The van der Waals surface area contributed by atoms with E-state index in [4.69, 9.17) is 9.15 Å². The summed E-state index contributed by atoms with van der Waals surface area (Å²) in [6.45, 7) is 11.5. The topological polar surface area (TPSA) is 77.2 Å². The van der Waals surface area contributed by atoms with E-state index in [-0.39, 0.29) is 5.92 Å². The Bertz CT molecular complexity index is 720. The van der Waals surface area contributed by atoms with E-state index >= 15 is 0 Å². The monoisotopic (exact) mass is 377 g/mol. The number of thioether (sulfide) groups is 1. The Kier molecular flexibility index (Phi) is 6.69. The molecule has 0 saturated heterocycles. The average molecular weight is 378 g/mol. The first-order valence-electron chi connectivity index (χ1n) is 8.65. The number of hydrogen-bond donors (Lipinski definition) is 1. The molecule has 26 heavy (non-hydrogen) atoms. The maximum Gasteiger partial charge on any atom is 0.408 e. The molecule has 0 saturated carbocycles. The fraction of sp³-hybridized carbons (Fsp3) is 0.526. The number of alkyl carbamates (subject to hydrolysis) is 1. The number of carbonyl (C=O) groups excluding carboxylic acids is 1. The summed E-state index contributed by atoms with van der Waals surface area (Å²) in [4.78, 5) is 12.1. The third kappa shape index (κ3) is 6.37. The zero-order chi connectivity index (χ0) is 19.3. The minimum atomic E-state index is -0.560. The normalized spacial score (nSPS) is 12.9. The number of aromatic nitrogens is 2. The van der Waals surface area contributed by atoms with Crippen LogP contribution in [0.1, 0.15) is 57.7 Å². The predicted molar refractivity (Wildman–Crippen MR) is 102 cm³/mol. The van der Waals surface area contributed by atoms with Crippen molar-refractivity contribution in [2.24, 2.45) is 5.92 Å². The second kappa shape index (κ2) is 8.58. The summed E-state index contributed by atoms with van der Waals surface area (Å²) in [6, 6.07) is 7.93. The SMILES string of the molecule is Cc1ccc(CSc2nnc([C@H](NC(=O)OC(C)(C)C)C(C)C)o2)cc1. The Labute approximate surface area is 159 Å². The molecular weight excluding hydrogens is 350 g/mol. The van der Waals surface area contributed by atoms with Crippen LogP contribution < -0.4 is 5.32 Å². The lowest BCUT2D eigenvalue weighted by Gasteiger charge is -2.23. The molecule has 0 aliphatic heterocycles. The van der Waals surface area contributed by atoms with Gasteiger partial charge in [0, 0.05) is 5.75 Å². The van der Waals surface area contributed by atoms with E-state index in [1.54, 1.807) is 0 Å². The molecule has 0 bridgehead atoms. The maximum atomic E-state index is 12.1. The van der Waals surface area contributed by atoms with Gasteiger partial charge in [0.15, 0.2) is 0 Å². The van der Waals surface area contributed by atoms with Crippen molar-refractivity contribution in [2.45, 2.75) is 64.2 Å². The molecule has 1 atom stereocenters. The van der Waals surface area contributed by atoms with Gasteiger partial charge in [-0.3, -0.25) is 0 Å². The molecule has 0 aliphatic carbocycles. The third-order valence-electron chi connectivity index (χ3n) is 3.51. The Hall–Kier alpha value is -2.02. The average Bonchev–Trinajstić information content (AvgIpc) is 2.98. The van der Waals surface area contributed by atoms with E-state index in [2.05, 4.69) is 46.7 Å². The van der Waals surface area contributed by atoms with Gasteiger partial charge in [0.25, 0.3) is 5.22 Å². The summed E-state index contributed by atoms with van der Waals surface area (Å²) < 4.78 is 11.1. The Morgan fingerprint density at radius 1 is 1.23 bits per heavy atom. The van der Waals surface area contributed by atoms with Crippen molar-refractivity contribution < 1.29 is 13.9 Å². The second-order valence-corrected chi connectivity index (χ2v) is 8.47. The molecule has 142 valence electrons. The van der Waals surface area contributed by atoms with Crippen molar-refractivity contribution in [3.05, 3.63) is 41.3 Å². The van der Waals surface area contributed by atoms with Crippen LogP contribution in [-0.4, -0.2) is 21.9 Å². The van der Waals surface area contributed by atoms with Crippen molar-refractivity contribution in [1.29, 1.82) is 0 Å². The molecule has 1 heterocycles. The first-order valence-corrected chi connectivity index (χ1v) is 9.64. The molecule has 2 aromatic rings. The summed E-state index contributed by atoms with van der Waals surface area (Å²) in [6.07, 6.45) is -0.497. The van der Waals surface area contributed by atoms with Gasteiger partial charge >= 0.3 is 6.09 Å². The lowest BCUT2D eigenvalue weighted by molar-refractivity contribution is 0.0477. The molecule has 0 radical (unpaired) electrons. The van der Waals surface area contributed by atoms with Crippen LogP contribution in [0.4, 0.5) is 4.79 Å². The zero-order valence-electron chi connectivity index (χ0n) is 16.2. The number of rotatable bonds is 6. The third-order valence-corrected chi connectivity index (χ3v) is 4.40. The smallest absolute Gasteiger partial charge is 0.408 e. The van der Waals surface area contributed by atoms with E-state index in [1.807, 2.05) is 34.6 Å². The lowest BCUT2D eigenvalue weighted by Crippen LogP contribution is -2.37. The quantitative estimate of drug-likeness (QED) is 0.722. The second-order valence-electron chi connectivity index (χ2n) is 7.55. The highest BCUT2D eigenvalue weighted by Gasteiger charge is 2.27. The Morgan fingerprint density at radius 3 is 2.46 bits per heavy atom. The number of benzene rings is 1. The van der Waals surface area contributed by atoms with Gasteiger partial charge in [-0.15, -0.1) is 10.2 Å². The number of aryl methyl sites for hydroxylation is 1. The Morgan fingerprint density at radius 2 is 1.88 bits per heavy atom. The molecular formula is C19H27N3O3S. The number of amides is 1. The van der Waals surface area contributed by atoms with Crippen molar-refractivity contribution in [3.63, 3.8) is 0 Å². The molecule has 0 spiro atoms. The van der Waals surface area contributed by atoms with Gasteiger partial charge in [-0.1, -0.05) is 55.4 Å². The summed E-state index contributed by atoms with van der Waals surface area (Å²) in [5, 5.41) is 11.5. The van der Waals surface area contributed by atoms with E-state index in [0.29, 0.717) is 11.1 Å². The molecule has 1 N–H and O–H groups in total. The predicted octanol–water partition coefficient (Wildman–Crippen LogP) is 4.89. The molecule has 0 fully saturated rings. The summed E-state index contributed by atoms with van der Waals surface area (Å²) in [5.74, 6) is 1.21. The van der Waals surface area contributed by atoms with Crippen LogP contribution in [0.5, 0.6) is 0 Å². The largest absolute Gasteiger partial charge is 0.444 e. The number of nitrogens with one attached hydrogen (secondary N) is 1. The van der Waals surface area contributed by atoms with Crippen molar-refractivity contribution in [3.8, 4) is 0 Å². The molecule has 7 heteroatoms. The molecule has 6 nitrogen and oxygen atoms in total.